The largest absolute Gasteiger partial charge is 0.497 e. The van der Waals surface area contributed by atoms with Crippen LogP contribution < -0.4 is 10.1 Å². The summed E-state index contributed by atoms with van der Waals surface area (Å²) >= 11 is 0. The molecule has 1 aromatic carbocycles. The first-order valence-electron chi connectivity index (χ1n) is 5.56. The van der Waals surface area contributed by atoms with Gasteiger partial charge in [0.05, 0.1) is 14.2 Å². The fraction of sp³-hybridized carbons (Fsp3) is 0.462. The highest BCUT2D eigenvalue weighted by Gasteiger charge is 2.32. The van der Waals surface area contributed by atoms with E-state index in [2.05, 4.69) is 5.32 Å². The second-order valence-corrected chi connectivity index (χ2v) is 4.03. The summed E-state index contributed by atoms with van der Waals surface area (Å²) in [5, 5.41) is 3.18. The lowest BCUT2D eigenvalue weighted by Crippen LogP contribution is -2.43. The van der Waals surface area contributed by atoms with Crippen molar-refractivity contribution in [3.05, 3.63) is 24.3 Å². The van der Waals surface area contributed by atoms with Gasteiger partial charge in [0.25, 0.3) is 0 Å². The highest BCUT2D eigenvalue weighted by atomic mass is 16.5. The lowest BCUT2D eigenvalue weighted by atomic mass is 9.98. The third-order valence-corrected chi connectivity index (χ3v) is 2.83. The van der Waals surface area contributed by atoms with E-state index in [9.17, 15) is 4.79 Å². The van der Waals surface area contributed by atoms with Gasteiger partial charge in [-0.15, -0.1) is 0 Å². The molecule has 1 rings (SSSR count). The average Bonchev–Trinajstić information content (AvgIpc) is 2.37. The van der Waals surface area contributed by atoms with Crippen LogP contribution in [0.1, 0.15) is 20.3 Å². The molecule has 0 bridgehead atoms. The van der Waals surface area contributed by atoms with Crippen LogP contribution in [0.4, 0.5) is 5.69 Å². The molecule has 0 heterocycles. The van der Waals surface area contributed by atoms with Crippen molar-refractivity contribution in [3.63, 3.8) is 0 Å². The van der Waals surface area contributed by atoms with Gasteiger partial charge in [-0.25, -0.2) is 4.79 Å². The minimum Gasteiger partial charge on any atom is -0.497 e. The van der Waals surface area contributed by atoms with Crippen LogP contribution >= 0.6 is 0 Å². The molecule has 0 aliphatic heterocycles. The van der Waals surface area contributed by atoms with Crippen molar-refractivity contribution in [2.75, 3.05) is 19.5 Å². The van der Waals surface area contributed by atoms with Crippen LogP contribution in [0.15, 0.2) is 24.3 Å². The first kappa shape index (κ1) is 13.4. The van der Waals surface area contributed by atoms with Crippen LogP contribution in [0.5, 0.6) is 5.75 Å². The molecule has 94 valence electrons. The molecule has 0 fully saturated rings. The van der Waals surface area contributed by atoms with Crippen molar-refractivity contribution in [2.24, 2.45) is 0 Å². The van der Waals surface area contributed by atoms with Gasteiger partial charge in [-0.3, -0.25) is 0 Å². The maximum atomic E-state index is 11.7. The number of hydrogen-bond acceptors (Lipinski definition) is 4. The van der Waals surface area contributed by atoms with E-state index in [1.54, 1.807) is 7.11 Å². The van der Waals surface area contributed by atoms with Gasteiger partial charge in [0, 0.05) is 11.8 Å². The monoisotopic (exact) mass is 237 g/mol. The maximum Gasteiger partial charge on any atom is 0.331 e. The molecule has 0 amide bonds. The molecule has 17 heavy (non-hydrogen) atoms. The summed E-state index contributed by atoms with van der Waals surface area (Å²) in [5.74, 6) is 0.473. The first-order chi connectivity index (χ1) is 8.05. The topological polar surface area (TPSA) is 47.6 Å². The third-order valence-electron chi connectivity index (χ3n) is 2.83. The van der Waals surface area contributed by atoms with Gasteiger partial charge in [-0.05, 0) is 25.5 Å². The van der Waals surface area contributed by atoms with Crippen molar-refractivity contribution < 1.29 is 14.3 Å². The number of ether oxygens (including phenoxy) is 2. The van der Waals surface area contributed by atoms with Gasteiger partial charge in [-0.2, -0.15) is 0 Å². The van der Waals surface area contributed by atoms with Gasteiger partial charge < -0.3 is 14.8 Å². The lowest BCUT2D eigenvalue weighted by Gasteiger charge is -2.27. The first-order valence-corrected chi connectivity index (χ1v) is 5.56. The van der Waals surface area contributed by atoms with Crippen molar-refractivity contribution in [1.82, 2.24) is 0 Å². The van der Waals surface area contributed by atoms with Crippen LogP contribution in [0.3, 0.4) is 0 Å². The summed E-state index contributed by atoms with van der Waals surface area (Å²) < 4.78 is 9.94. The molecule has 4 nitrogen and oxygen atoms in total. The van der Waals surface area contributed by atoms with Crippen LogP contribution in [0.25, 0.3) is 0 Å². The van der Waals surface area contributed by atoms with E-state index in [1.165, 1.54) is 7.11 Å². The Morgan fingerprint density at radius 3 is 2.65 bits per heavy atom. The number of methoxy groups -OCH3 is 2. The molecule has 0 aromatic heterocycles. The molecular weight excluding hydrogens is 218 g/mol. The molecule has 1 unspecified atom stereocenters. The van der Waals surface area contributed by atoms with Crippen molar-refractivity contribution in [3.8, 4) is 5.75 Å². The Kier molecular flexibility index (Phi) is 4.37. The van der Waals surface area contributed by atoms with Gasteiger partial charge in [0.1, 0.15) is 11.3 Å². The van der Waals surface area contributed by atoms with Gasteiger partial charge >= 0.3 is 5.97 Å². The number of anilines is 1. The minimum absolute atomic E-state index is 0.275. The number of esters is 1. The number of carbonyl (C=O) groups is 1. The van der Waals surface area contributed by atoms with Crippen LogP contribution in [-0.2, 0) is 9.53 Å². The standard InChI is InChI=1S/C13H19NO3/c1-5-13(2,12(15)17-4)14-10-7-6-8-11(9-10)16-3/h6-9,14H,5H2,1-4H3. The van der Waals surface area contributed by atoms with E-state index in [0.717, 1.165) is 11.4 Å². The maximum absolute atomic E-state index is 11.7. The molecule has 0 radical (unpaired) electrons. The summed E-state index contributed by atoms with van der Waals surface area (Å²) in [6, 6.07) is 7.46. The molecule has 0 saturated heterocycles. The molecule has 1 N–H and O–H groups in total. The summed E-state index contributed by atoms with van der Waals surface area (Å²) in [4.78, 5) is 11.7. The van der Waals surface area contributed by atoms with Crippen LogP contribution in [0.2, 0.25) is 0 Å². The van der Waals surface area contributed by atoms with E-state index in [0.29, 0.717) is 6.42 Å². The average molecular weight is 237 g/mol. The van der Waals surface area contributed by atoms with Crippen molar-refractivity contribution >= 4 is 11.7 Å². The SMILES string of the molecule is CCC(C)(Nc1cccc(OC)c1)C(=O)OC. The molecule has 0 aliphatic rings. The normalized spacial score (nSPS) is 13.6. The molecule has 0 spiro atoms. The Balaban J connectivity index is 2.90. The van der Waals surface area contributed by atoms with Gasteiger partial charge in [0.15, 0.2) is 0 Å². The predicted octanol–water partition coefficient (Wildman–Crippen LogP) is 2.45. The minimum atomic E-state index is -0.721. The van der Waals surface area contributed by atoms with E-state index in [-0.39, 0.29) is 5.97 Å². The second kappa shape index (κ2) is 5.57. The Bertz CT molecular complexity index is 392. The van der Waals surface area contributed by atoms with E-state index < -0.39 is 5.54 Å². The number of carbonyl (C=O) groups excluding carboxylic acids is 1. The molecule has 4 heteroatoms. The molecule has 1 atom stereocenters. The third kappa shape index (κ3) is 3.12. The Morgan fingerprint density at radius 2 is 2.12 bits per heavy atom. The van der Waals surface area contributed by atoms with Gasteiger partial charge in [0.2, 0.25) is 0 Å². The molecular formula is C13H19NO3. The van der Waals surface area contributed by atoms with Crippen molar-refractivity contribution in [2.45, 2.75) is 25.8 Å². The lowest BCUT2D eigenvalue weighted by molar-refractivity contribution is -0.145. The second-order valence-electron chi connectivity index (χ2n) is 4.03. The quantitative estimate of drug-likeness (QED) is 0.799. The van der Waals surface area contributed by atoms with E-state index in [4.69, 9.17) is 9.47 Å². The van der Waals surface area contributed by atoms with E-state index in [1.807, 2.05) is 38.1 Å². The summed E-state index contributed by atoms with van der Waals surface area (Å²) in [6.07, 6.45) is 0.636. The molecule has 0 aliphatic carbocycles. The van der Waals surface area contributed by atoms with Gasteiger partial charge in [-0.1, -0.05) is 13.0 Å². The zero-order valence-electron chi connectivity index (χ0n) is 10.7. The Labute approximate surface area is 102 Å². The predicted molar refractivity (Wildman–Crippen MR) is 67.3 cm³/mol. The number of hydrogen-bond donors (Lipinski definition) is 1. The van der Waals surface area contributed by atoms with Crippen LogP contribution in [0, 0.1) is 0 Å². The van der Waals surface area contributed by atoms with Crippen LogP contribution in [-0.4, -0.2) is 25.7 Å². The summed E-state index contributed by atoms with van der Waals surface area (Å²) in [6.45, 7) is 3.75. The smallest absolute Gasteiger partial charge is 0.331 e. The van der Waals surface area contributed by atoms with E-state index >= 15 is 0 Å². The number of rotatable bonds is 5. The highest BCUT2D eigenvalue weighted by molar-refractivity contribution is 5.84. The summed E-state index contributed by atoms with van der Waals surface area (Å²) in [7, 11) is 3.00. The fourth-order valence-electron chi connectivity index (χ4n) is 1.53. The fourth-order valence-corrected chi connectivity index (χ4v) is 1.53. The zero-order valence-corrected chi connectivity index (χ0v) is 10.7. The zero-order chi connectivity index (χ0) is 12.9. The highest BCUT2D eigenvalue weighted by Crippen LogP contribution is 2.23. The van der Waals surface area contributed by atoms with Crippen molar-refractivity contribution in [1.29, 1.82) is 0 Å². The number of benzene rings is 1. The molecule has 0 saturated carbocycles. The summed E-state index contributed by atoms with van der Waals surface area (Å²) in [5.41, 5.74) is 0.111. The Morgan fingerprint density at radius 1 is 1.41 bits per heavy atom. The molecule has 1 aromatic rings. The Hall–Kier alpha value is -1.71. The number of nitrogens with one attached hydrogen (secondary N) is 1.